The van der Waals surface area contributed by atoms with Crippen LogP contribution in [0.2, 0.25) is 0 Å². The van der Waals surface area contributed by atoms with Crippen LogP contribution < -0.4 is 0 Å². The summed E-state index contributed by atoms with van der Waals surface area (Å²) < 4.78 is 1.95. The first-order valence-electron chi connectivity index (χ1n) is 5.64. The molecule has 15 heavy (non-hydrogen) atoms. The minimum absolute atomic E-state index is 0.0475. The first-order chi connectivity index (χ1) is 7.20. The number of rotatable bonds is 1. The summed E-state index contributed by atoms with van der Waals surface area (Å²) in [6, 6.07) is 0. The molecule has 0 bridgehead atoms. The molecule has 1 saturated carbocycles. The van der Waals surface area contributed by atoms with Gasteiger partial charge < -0.3 is 0 Å². The second-order valence-corrected chi connectivity index (χ2v) is 4.98. The van der Waals surface area contributed by atoms with E-state index in [0.717, 1.165) is 18.7 Å². The second kappa shape index (κ2) is 2.90. The van der Waals surface area contributed by atoms with Crippen molar-refractivity contribution in [3.05, 3.63) is 11.4 Å². The second-order valence-electron chi connectivity index (χ2n) is 4.98. The lowest BCUT2D eigenvalue weighted by Crippen LogP contribution is -2.18. The Morgan fingerprint density at radius 1 is 1.40 bits per heavy atom. The molecule has 80 valence electrons. The summed E-state index contributed by atoms with van der Waals surface area (Å²) in [6.07, 6.45) is 6.23. The van der Waals surface area contributed by atoms with Gasteiger partial charge in [-0.05, 0) is 24.7 Å². The standard InChI is InChI=1S/C11H15N3O/c1-8(15)10-9-6-11(4-2-3-5-11)7-14(9)13-12-10/h2-7H2,1H3. The van der Waals surface area contributed by atoms with Gasteiger partial charge in [-0.1, -0.05) is 18.1 Å². The van der Waals surface area contributed by atoms with Crippen molar-refractivity contribution in [2.45, 2.75) is 45.6 Å². The topological polar surface area (TPSA) is 47.8 Å². The van der Waals surface area contributed by atoms with Gasteiger partial charge in [-0.25, -0.2) is 4.68 Å². The van der Waals surface area contributed by atoms with Gasteiger partial charge in [0.15, 0.2) is 11.5 Å². The Bertz CT molecular complexity index is 415. The van der Waals surface area contributed by atoms with Gasteiger partial charge >= 0.3 is 0 Å². The Labute approximate surface area is 88.7 Å². The maximum Gasteiger partial charge on any atom is 0.181 e. The summed E-state index contributed by atoms with van der Waals surface area (Å²) in [5.74, 6) is 0.0475. The van der Waals surface area contributed by atoms with E-state index in [1.165, 1.54) is 25.7 Å². The van der Waals surface area contributed by atoms with E-state index in [1.54, 1.807) is 6.92 Å². The average molecular weight is 205 g/mol. The lowest BCUT2D eigenvalue weighted by atomic mass is 9.84. The maximum absolute atomic E-state index is 11.4. The summed E-state index contributed by atoms with van der Waals surface area (Å²) in [5.41, 5.74) is 2.08. The van der Waals surface area contributed by atoms with Crippen LogP contribution >= 0.6 is 0 Å². The van der Waals surface area contributed by atoms with Gasteiger partial charge in [0.05, 0.1) is 5.69 Å². The molecule has 2 aliphatic rings. The summed E-state index contributed by atoms with van der Waals surface area (Å²) in [7, 11) is 0. The van der Waals surface area contributed by atoms with Crippen LogP contribution in [0.3, 0.4) is 0 Å². The molecule has 1 spiro atoms. The first kappa shape index (κ1) is 9.07. The zero-order valence-electron chi connectivity index (χ0n) is 8.99. The number of carbonyl (C=O) groups is 1. The van der Waals surface area contributed by atoms with Gasteiger partial charge in [0.1, 0.15) is 0 Å². The fourth-order valence-corrected chi connectivity index (χ4v) is 3.10. The highest BCUT2D eigenvalue weighted by atomic mass is 16.1. The Hall–Kier alpha value is -1.19. The molecule has 0 N–H and O–H groups in total. The van der Waals surface area contributed by atoms with Crippen molar-refractivity contribution in [1.82, 2.24) is 15.0 Å². The molecule has 0 unspecified atom stereocenters. The van der Waals surface area contributed by atoms with Crippen LogP contribution in [0, 0.1) is 5.41 Å². The van der Waals surface area contributed by atoms with Crippen LogP contribution in [-0.2, 0) is 13.0 Å². The molecular formula is C11H15N3O. The fraction of sp³-hybridized carbons (Fsp3) is 0.727. The normalized spacial score (nSPS) is 22.2. The van der Waals surface area contributed by atoms with E-state index < -0.39 is 0 Å². The molecule has 0 amide bonds. The largest absolute Gasteiger partial charge is 0.293 e. The SMILES string of the molecule is CC(=O)c1nnn2c1CC1(CCCC1)C2. The number of ketones is 1. The molecule has 1 aromatic rings. The highest BCUT2D eigenvalue weighted by molar-refractivity contribution is 5.93. The van der Waals surface area contributed by atoms with Crippen LogP contribution in [0.1, 0.15) is 48.8 Å². The van der Waals surface area contributed by atoms with Crippen LogP contribution in [-0.4, -0.2) is 20.8 Å². The van der Waals surface area contributed by atoms with E-state index in [1.807, 2.05) is 4.68 Å². The molecule has 0 aromatic carbocycles. The molecule has 0 radical (unpaired) electrons. The van der Waals surface area contributed by atoms with E-state index >= 15 is 0 Å². The minimum atomic E-state index is 0.0475. The van der Waals surface area contributed by atoms with Gasteiger partial charge in [0.2, 0.25) is 0 Å². The molecule has 1 aliphatic heterocycles. The van der Waals surface area contributed by atoms with Gasteiger partial charge in [-0.2, -0.15) is 0 Å². The zero-order chi connectivity index (χ0) is 10.5. The van der Waals surface area contributed by atoms with Crippen molar-refractivity contribution in [3.8, 4) is 0 Å². The molecule has 0 saturated heterocycles. The third-order valence-corrected chi connectivity index (χ3v) is 3.86. The van der Waals surface area contributed by atoms with E-state index in [4.69, 9.17) is 0 Å². The molecule has 0 atom stereocenters. The van der Waals surface area contributed by atoms with Crippen LogP contribution in [0.25, 0.3) is 0 Å². The van der Waals surface area contributed by atoms with Gasteiger partial charge in [-0.15, -0.1) is 5.10 Å². The van der Waals surface area contributed by atoms with Crippen molar-refractivity contribution in [1.29, 1.82) is 0 Å². The summed E-state index contributed by atoms with van der Waals surface area (Å²) in [5, 5.41) is 8.04. The summed E-state index contributed by atoms with van der Waals surface area (Å²) >= 11 is 0. The maximum atomic E-state index is 11.4. The van der Waals surface area contributed by atoms with Gasteiger partial charge in [-0.3, -0.25) is 4.79 Å². The molecular weight excluding hydrogens is 190 g/mol. The van der Waals surface area contributed by atoms with Crippen LogP contribution in [0.4, 0.5) is 0 Å². The molecule has 3 rings (SSSR count). The molecule has 2 heterocycles. The molecule has 1 aromatic heterocycles. The monoisotopic (exact) mass is 205 g/mol. The Morgan fingerprint density at radius 2 is 2.13 bits per heavy atom. The van der Waals surface area contributed by atoms with Crippen molar-refractivity contribution in [3.63, 3.8) is 0 Å². The van der Waals surface area contributed by atoms with Crippen molar-refractivity contribution >= 4 is 5.78 Å². The Morgan fingerprint density at radius 3 is 2.80 bits per heavy atom. The summed E-state index contributed by atoms with van der Waals surface area (Å²) in [4.78, 5) is 11.4. The number of hydrogen-bond donors (Lipinski definition) is 0. The number of aromatic nitrogens is 3. The van der Waals surface area contributed by atoms with Crippen molar-refractivity contribution in [2.24, 2.45) is 5.41 Å². The van der Waals surface area contributed by atoms with Gasteiger partial charge in [0, 0.05) is 13.5 Å². The average Bonchev–Trinajstić information content (AvgIpc) is 2.81. The quantitative estimate of drug-likeness (QED) is 0.654. The highest BCUT2D eigenvalue weighted by Gasteiger charge is 2.42. The third-order valence-electron chi connectivity index (χ3n) is 3.86. The fourth-order valence-electron chi connectivity index (χ4n) is 3.10. The van der Waals surface area contributed by atoms with Crippen LogP contribution in [0.5, 0.6) is 0 Å². The Balaban J connectivity index is 1.96. The third kappa shape index (κ3) is 1.24. The lowest BCUT2D eigenvalue weighted by molar-refractivity contribution is 0.101. The highest BCUT2D eigenvalue weighted by Crippen LogP contribution is 2.46. The predicted molar refractivity (Wildman–Crippen MR) is 54.6 cm³/mol. The molecule has 4 heteroatoms. The lowest BCUT2D eigenvalue weighted by Gasteiger charge is -2.20. The van der Waals surface area contributed by atoms with Crippen LogP contribution in [0.15, 0.2) is 0 Å². The van der Waals surface area contributed by atoms with Crippen molar-refractivity contribution < 1.29 is 4.79 Å². The molecule has 1 fully saturated rings. The minimum Gasteiger partial charge on any atom is -0.293 e. The van der Waals surface area contributed by atoms with E-state index in [2.05, 4.69) is 10.3 Å². The Kier molecular flexibility index (Phi) is 1.75. The van der Waals surface area contributed by atoms with E-state index in [9.17, 15) is 4.79 Å². The van der Waals surface area contributed by atoms with E-state index in [0.29, 0.717) is 11.1 Å². The number of carbonyl (C=O) groups excluding carboxylic acids is 1. The number of nitrogens with zero attached hydrogens (tertiary/aromatic N) is 3. The predicted octanol–water partition coefficient (Wildman–Crippen LogP) is 1.60. The number of hydrogen-bond acceptors (Lipinski definition) is 3. The number of fused-ring (bicyclic) bond motifs is 1. The van der Waals surface area contributed by atoms with Gasteiger partial charge in [0.25, 0.3) is 0 Å². The molecule has 1 aliphatic carbocycles. The molecule has 4 nitrogen and oxygen atoms in total. The first-order valence-corrected chi connectivity index (χ1v) is 5.64. The zero-order valence-corrected chi connectivity index (χ0v) is 8.99. The summed E-state index contributed by atoms with van der Waals surface area (Å²) in [6.45, 7) is 2.55. The van der Waals surface area contributed by atoms with Crippen molar-refractivity contribution in [2.75, 3.05) is 0 Å². The van der Waals surface area contributed by atoms with E-state index in [-0.39, 0.29) is 5.78 Å². The smallest absolute Gasteiger partial charge is 0.181 e. The number of Topliss-reactive ketones (excluding diaryl/α,β-unsaturated/α-hetero) is 1.